The summed E-state index contributed by atoms with van der Waals surface area (Å²) in [5.74, 6) is -0.537. The second-order valence-electron chi connectivity index (χ2n) is 5.27. The van der Waals surface area contributed by atoms with E-state index in [2.05, 4.69) is 0 Å². The Morgan fingerprint density at radius 2 is 2.04 bits per heavy atom. The highest BCUT2D eigenvalue weighted by molar-refractivity contribution is 8.00. The molecule has 1 amide bonds. The van der Waals surface area contributed by atoms with Gasteiger partial charge in [-0.05, 0) is 43.0 Å². The first-order chi connectivity index (χ1) is 10.9. The fourth-order valence-corrected chi connectivity index (χ4v) is 3.78. The lowest BCUT2D eigenvalue weighted by molar-refractivity contribution is -0.127. The van der Waals surface area contributed by atoms with Crippen LogP contribution in [0.15, 0.2) is 34.5 Å². The molecule has 0 fully saturated rings. The van der Waals surface area contributed by atoms with E-state index < -0.39 is 5.82 Å². The summed E-state index contributed by atoms with van der Waals surface area (Å²) in [6.45, 7) is 3.98. The molecule has 0 saturated carbocycles. The molecule has 0 aliphatic rings. The normalized spacial score (nSPS) is 10.6. The van der Waals surface area contributed by atoms with Crippen molar-refractivity contribution in [3.8, 4) is 0 Å². The van der Waals surface area contributed by atoms with Gasteiger partial charge in [0.2, 0.25) is 5.91 Å². The molecule has 0 atom stereocenters. The molecule has 122 valence electrons. The maximum Gasteiger partial charge on any atom is 0.233 e. The van der Waals surface area contributed by atoms with Crippen LogP contribution in [0.2, 0.25) is 0 Å². The van der Waals surface area contributed by atoms with Gasteiger partial charge in [0, 0.05) is 22.4 Å². The molecule has 2 aromatic rings. The van der Waals surface area contributed by atoms with Crippen LogP contribution < -0.4 is 0 Å². The van der Waals surface area contributed by atoms with Crippen molar-refractivity contribution >= 4 is 34.8 Å². The first kappa shape index (κ1) is 17.7. The summed E-state index contributed by atoms with van der Waals surface area (Å²) >= 11 is 2.77. The van der Waals surface area contributed by atoms with Gasteiger partial charge in [0.05, 0.1) is 12.3 Å². The fraction of sp³-hybridized carbons (Fsp3) is 0.294. The van der Waals surface area contributed by atoms with Crippen molar-refractivity contribution in [3.05, 3.63) is 51.5 Å². The number of hydrogen-bond acceptors (Lipinski definition) is 4. The number of thiophene rings is 1. The summed E-state index contributed by atoms with van der Waals surface area (Å²) in [5.41, 5.74) is 1.51. The molecular weight excluding hydrogens is 333 g/mol. The van der Waals surface area contributed by atoms with Crippen LogP contribution in [0.1, 0.15) is 27.7 Å². The lowest BCUT2D eigenvalue weighted by Crippen LogP contribution is -2.27. The third-order valence-corrected chi connectivity index (χ3v) is 5.51. The van der Waals surface area contributed by atoms with E-state index >= 15 is 0 Å². The van der Waals surface area contributed by atoms with Crippen molar-refractivity contribution in [1.29, 1.82) is 0 Å². The Morgan fingerprint density at radius 3 is 2.61 bits per heavy atom. The maximum atomic E-state index is 13.9. The third-order valence-electron chi connectivity index (χ3n) is 3.46. The van der Waals surface area contributed by atoms with E-state index in [-0.39, 0.29) is 17.4 Å². The van der Waals surface area contributed by atoms with E-state index in [0.29, 0.717) is 17.0 Å². The van der Waals surface area contributed by atoms with Gasteiger partial charge in [-0.25, -0.2) is 4.39 Å². The molecular formula is C17H18FNO2S2. The molecule has 0 aliphatic heterocycles. The van der Waals surface area contributed by atoms with Gasteiger partial charge in [-0.2, -0.15) is 0 Å². The van der Waals surface area contributed by atoms with E-state index in [1.165, 1.54) is 18.6 Å². The number of aryl methyl sites for hydroxylation is 1. The van der Waals surface area contributed by atoms with Crippen molar-refractivity contribution in [1.82, 2.24) is 4.90 Å². The van der Waals surface area contributed by atoms with Crippen LogP contribution in [0.5, 0.6) is 0 Å². The number of rotatable bonds is 6. The van der Waals surface area contributed by atoms with Gasteiger partial charge >= 0.3 is 0 Å². The van der Waals surface area contributed by atoms with Gasteiger partial charge in [0.25, 0.3) is 0 Å². The van der Waals surface area contributed by atoms with E-state index in [1.54, 1.807) is 35.4 Å². The largest absolute Gasteiger partial charge is 0.340 e. The standard InChI is InChI=1S/C17H18FNO2S2/c1-11-6-7-22-16(11)9-19(3)17(21)10-23-15-5-4-13(12(2)20)8-14(15)18/h4-8H,9-10H2,1-3H3. The second kappa shape index (κ2) is 7.75. The predicted octanol–water partition coefficient (Wildman–Crippen LogP) is 4.15. The number of amides is 1. The molecule has 0 spiro atoms. The lowest BCUT2D eigenvalue weighted by Gasteiger charge is -2.16. The predicted molar refractivity (Wildman–Crippen MR) is 92.7 cm³/mol. The summed E-state index contributed by atoms with van der Waals surface area (Å²) < 4.78 is 13.9. The number of carbonyl (C=O) groups excluding carboxylic acids is 2. The zero-order valence-electron chi connectivity index (χ0n) is 13.3. The van der Waals surface area contributed by atoms with Gasteiger partial charge in [-0.3, -0.25) is 9.59 Å². The molecule has 1 aromatic heterocycles. The van der Waals surface area contributed by atoms with Crippen molar-refractivity contribution < 1.29 is 14.0 Å². The first-order valence-electron chi connectivity index (χ1n) is 7.08. The topological polar surface area (TPSA) is 37.4 Å². The number of carbonyl (C=O) groups is 2. The molecule has 6 heteroatoms. The minimum atomic E-state index is -0.466. The van der Waals surface area contributed by atoms with E-state index in [1.807, 2.05) is 18.4 Å². The molecule has 23 heavy (non-hydrogen) atoms. The van der Waals surface area contributed by atoms with E-state index in [9.17, 15) is 14.0 Å². The summed E-state index contributed by atoms with van der Waals surface area (Å²) in [6.07, 6.45) is 0. The van der Waals surface area contributed by atoms with Crippen LogP contribution in [-0.4, -0.2) is 29.4 Å². The van der Waals surface area contributed by atoms with Crippen molar-refractivity contribution in [2.75, 3.05) is 12.8 Å². The Labute approximate surface area is 143 Å². The van der Waals surface area contributed by atoms with Crippen molar-refractivity contribution in [2.24, 2.45) is 0 Å². The molecule has 0 radical (unpaired) electrons. The summed E-state index contributed by atoms with van der Waals surface area (Å²) in [5, 5.41) is 2.00. The number of hydrogen-bond donors (Lipinski definition) is 0. The van der Waals surface area contributed by atoms with Gasteiger partial charge < -0.3 is 4.90 Å². The number of ketones is 1. The third kappa shape index (κ3) is 4.65. The highest BCUT2D eigenvalue weighted by Crippen LogP contribution is 2.24. The van der Waals surface area contributed by atoms with Gasteiger partial charge in [0.15, 0.2) is 5.78 Å². The quantitative estimate of drug-likeness (QED) is 0.579. The molecule has 1 heterocycles. The highest BCUT2D eigenvalue weighted by Gasteiger charge is 2.14. The zero-order valence-corrected chi connectivity index (χ0v) is 14.9. The van der Waals surface area contributed by atoms with E-state index in [4.69, 9.17) is 0 Å². The number of thioether (sulfide) groups is 1. The van der Waals surface area contributed by atoms with Crippen molar-refractivity contribution in [3.63, 3.8) is 0 Å². The molecule has 0 aliphatic carbocycles. The molecule has 0 bridgehead atoms. The van der Waals surface area contributed by atoms with Gasteiger partial charge in [-0.1, -0.05) is 6.07 Å². The Balaban J connectivity index is 1.93. The number of halogens is 1. The van der Waals surface area contributed by atoms with Crippen LogP contribution in [0, 0.1) is 12.7 Å². The zero-order chi connectivity index (χ0) is 17.0. The summed E-state index contributed by atoms with van der Waals surface area (Å²) in [7, 11) is 1.75. The lowest BCUT2D eigenvalue weighted by atomic mass is 10.1. The number of Topliss-reactive ketones (excluding diaryl/α,β-unsaturated/α-hetero) is 1. The molecule has 2 rings (SSSR count). The molecule has 3 nitrogen and oxygen atoms in total. The van der Waals surface area contributed by atoms with Crippen LogP contribution in [0.3, 0.4) is 0 Å². The Hall–Kier alpha value is -1.66. The first-order valence-corrected chi connectivity index (χ1v) is 8.95. The Bertz CT molecular complexity index is 727. The molecule has 0 unspecified atom stereocenters. The Kier molecular flexibility index (Phi) is 5.96. The fourth-order valence-electron chi connectivity index (χ4n) is 1.96. The van der Waals surface area contributed by atoms with Crippen LogP contribution in [-0.2, 0) is 11.3 Å². The van der Waals surface area contributed by atoms with E-state index in [0.717, 1.165) is 16.6 Å². The summed E-state index contributed by atoms with van der Waals surface area (Å²) in [6, 6.07) is 6.37. The van der Waals surface area contributed by atoms with Crippen LogP contribution in [0.25, 0.3) is 0 Å². The number of nitrogens with zero attached hydrogens (tertiary/aromatic N) is 1. The van der Waals surface area contributed by atoms with Gasteiger partial charge in [-0.15, -0.1) is 23.1 Å². The highest BCUT2D eigenvalue weighted by atomic mass is 32.2. The van der Waals surface area contributed by atoms with Crippen LogP contribution >= 0.6 is 23.1 Å². The SMILES string of the molecule is CC(=O)c1ccc(SCC(=O)N(C)Cc2sccc2C)c(F)c1. The smallest absolute Gasteiger partial charge is 0.233 e. The molecule has 0 N–H and O–H groups in total. The van der Waals surface area contributed by atoms with Crippen molar-refractivity contribution in [2.45, 2.75) is 25.3 Å². The minimum absolute atomic E-state index is 0.0576. The molecule has 0 saturated heterocycles. The Morgan fingerprint density at radius 1 is 1.30 bits per heavy atom. The van der Waals surface area contributed by atoms with Crippen LogP contribution in [0.4, 0.5) is 4.39 Å². The minimum Gasteiger partial charge on any atom is -0.340 e. The molecule has 1 aromatic carbocycles. The second-order valence-corrected chi connectivity index (χ2v) is 7.28. The summed E-state index contributed by atoms with van der Waals surface area (Å²) in [4.78, 5) is 26.6. The maximum absolute atomic E-state index is 13.9. The average molecular weight is 351 g/mol. The number of benzene rings is 1. The van der Waals surface area contributed by atoms with Gasteiger partial charge in [0.1, 0.15) is 5.82 Å². The average Bonchev–Trinajstić information content (AvgIpc) is 2.90. The monoisotopic (exact) mass is 351 g/mol.